The van der Waals surface area contributed by atoms with Gasteiger partial charge in [0.05, 0.1) is 12.1 Å². The van der Waals surface area contributed by atoms with Gasteiger partial charge < -0.3 is 15.4 Å². The number of H-pyrrole nitrogens is 1. The average Bonchev–Trinajstić information content (AvgIpc) is 3.04. The number of aromatic amines is 1. The van der Waals surface area contributed by atoms with E-state index in [1.165, 1.54) is 0 Å². The number of carbonyl (C=O) groups is 1. The van der Waals surface area contributed by atoms with Gasteiger partial charge in [-0.2, -0.15) is 0 Å². The number of hydrogen-bond donors (Lipinski definition) is 3. The summed E-state index contributed by atoms with van der Waals surface area (Å²) in [6.07, 6.45) is 0.00215. The summed E-state index contributed by atoms with van der Waals surface area (Å²) < 4.78 is 0. The van der Waals surface area contributed by atoms with E-state index in [1.54, 1.807) is 0 Å². The van der Waals surface area contributed by atoms with Crippen LogP contribution in [0.2, 0.25) is 0 Å². The van der Waals surface area contributed by atoms with Gasteiger partial charge in [-0.05, 0) is 48.7 Å². The zero-order chi connectivity index (χ0) is 16.8. The van der Waals surface area contributed by atoms with Crippen LogP contribution in [0.25, 0.3) is 10.9 Å². The topological polar surface area (TPSA) is 65.1 Å². The summed E-state index contributed by atoms with van der Waals surface area (Å²) in [6.45, 7) is 4.08. The van der Waals surface area contributed by atoms with Gasteiger partial charge in [-0.15, -0.1) is 0 Å². The highest BCUT2D eigenvalue weighted by Crippen LogP contribution is 2.31. The minimum atomic E-state index is -0.577. The molecule has 4 rings (SSSR count). The van der Waals surface area contributed by atoms with Crippen molar-refractivity contribution in [2.75, 3.05) is 0 Å². The summed E-state index contributed by atoms with van der Waals surface area (Å²) in [5.74, 6) is -0.157. The van der Waals surface area contributed by atoms with Gasteiger partial charge in [0, 0.05) is 28.6 Å². The van der Waals surface area contributed by atoms with Gasteiger partial charge in [0.25, 0.3) is 5.91 Å². The third kappa shape index (κ3) is 2.31. The van der Waals surface area contributed by atoms with Crippen molar-refractivity contribution in [1.29, 1.82) is 0 Å². The summed E-state index contributed by atoms with van der Waals surface area (Å²) in [7, 11) is 0. The molecule has 122 valence electrons. The first-order valence-corrected chi connectivity index (χ1v) is 8.20. The molecule has 2 atom stereocenters. The number of benzene rings is 2. The van der Waals surface area contributed by atoms with E-state index in [9.17, 15) is 9.90 Å². The zero-order valence-electron chi connectivity index (χ0n) is 13.8. The first-order chi connectivity index (χ1) is 11.5. The minimum absolute atomic E-state index is 0.157. The number of aliphatic hydroxyl groups excluding tert-OH is 1. The van der Waals surface area contributed by atoms with E-state index in [1.807, 2.05) is 56.3 Å². The number of aromatic nitrogens is 1. The monoisotopic (exact) mass is 320 g/mol. The maximum absolute atomic E-state index is 12.7. The molecule has 1 heterocycles. The van der Waals surface area contributed by atoms with E-state index in [4.69, 9.17) is 0 Å². The maximum atomic E-state index is 12.7. The van der Waals surface area contributed by atoms with Crippen LogP contribution in [0.4, 0.5) is 0 Å². The van der Waals surface area contributed by atoms with Gasteiger partial charge in [0.2, 0.25) is 0 Å². The predicted molar refractivity (Wildman–Crippen MR) is 94.1 cm³/mol. The molecule has 1 aliphatic carbocycles. The van der Waals surface area contributed by atoms with E-state index in [0.29, 0.717) is 12.0 Å². The van der Waals surface area contributed by atoms with Crippen LogP contribution in [0, 0.1) is 13.8 Å². The lowest BCUT2D eigenvalue weighted by Crippen LogP contribution is -2.33. The van der Waals surface area contributed by atoms with E-state index in [2.05, 4.69) is 10.3 Å². The van der Waals surface area contributed by atoms with Crippen LogP contribution in [-0.2, 0) is 6.42 Å². The van der Waals surface area contributed by atoms with Crippen LogP contribution in [0.15, 0.2) is 42.5 Å². The summed E-state index contributed by atoms with van der Waals surface area (Å²) in [5.41, 5.74) is 6.03. The Morgan fingerprint density at radius 3 is 2.83 bits per heavy atom. The molecule has 0 unspecified atom stereocenters. The normalized spacial score (nSPS) is 19.5. The molecule has 0 saturated heterocycles. The van der Waals surface area contributed by atoms with Crippen LogP contribution in [0.5, 0.6) is 0 Å². The number of fused-ring (bicyclic) bond motifs is 2. The number of carbonyl (C=O) groups excluding carboxylic acids is 1. The summed E-state index contributed by atoms with van der Waals surface area (Å²) in [5, 5.41) is 14.4. The molecule has 4 nitrogen and oxygen atoms in total. The van der Waals surface area contributed by atoms with Crippen molar-refractivity contribution in [3.63, 3.8) is 0 Å². The Morgan fingerprint density at radius 2 is 2.00 bits per heavy atom. The molecule has 0 fully saturated rings. The predicted octanol–water partition coefficient (Wildman–Crippen LogP) is 3.17. The van der Waals surface area contributed by atoms with Crippen molar-refractivity contribution in [2.45, 2.75) is 32.4 Å². The molecular formula is C20H20N2O2. The van der Waals surface area contributed by atoms with Crippen molar-refractivity contribution < 1.29 is 9.90 Å². The fraction of sp³-hybridized carbons (Fsp3) is 0.250. The van der Waals surface area contributed by atoms with Crippen molar-refractivity contribution >= 4 is 16.8 Å². The Balaban J connectivity index is 1.64. The Hall–Kier alpha value is -2.59. The first-order valence-electron chi connectivity index (χ1n) is 8.20. The largest absolute Gasteiger partial charge is 0.390 e. The second-order valence-electron chi connectivity index (χ2n) is 6.56. The summed E-state index contributed by atoms with van der Waals surface area (Å²) in [6, 6.07) is 13.2. The molecule has 3 N–H and O–H groups in total. The van der Waals surface area contributed by atoms with Crippen LogP contribution in [0.3, 0.4) is 0 Å². The number of hydrogen-bond acceptors (Lipinski definition) is 2. The quantitative estimate of drug-likeness (QED) is 0.679. The minimum Gasteiger partial charge on any atom is -0.390 e. The van der Waals surface area contributed by atoms with Gasteiger partial charge in [-0.25, -0.2) is 0 Å². The van der Waals surface area contributed by atoms with Gasteiger partial charge in [0.1, 0.15) is 0 Å². The Bertz CT molecular complexity index is 942. The van der Waals surface area contributed by atoms with Crippen LogP contribution >= 0.6 is 0 Å². The third-order valence-corrected chi connectivity index (χ3v) is 5.06. The van der Waals surface area contributed by atoms with E-state index in [-0.39, 0.29) is 11.9 Å². The highest BCUT2D eigenvalue weighted by Gasteiger charge is 2.32. The van der Waals surface area contributed by atoms with E-state index < -0.39 is 6.10 Å². The lowest BCUT2D eigenvalue weighted by Gasteiger charge is -2.18. The van der Waals surface area contributed by atoms with Gasteiger partial charge in [-0.3, -0.25) is 4.79 Å². The number of aryl methyl sites for hydroxylation is 2. The van der Waals surface area contributed by atoms with Crippen molar-refractivity contribution in [2.24, 2.45) is 0 Å². The molecule has 3 aromatic rings. The van der Waals surface area contributed by atoms with Gasteiger partial charge >= 0.3 is 0 Å². The SMILES string of the molecule is Cc1[nH]c2ccc(C(=O)N[C@@H]3c4ccccc4C[C@@H]3O)cc2c1C. The van der Waals surface area contributed by atoms with Gasteiger partial charge in [0.15, 0.2) is 0 Å². The lowest BCUT2D eigenvalue weighted by molar-refractivity contribution is 0.0858. The lowest BCUT2D eigenvalue weighted by atomic mass is 10.1. The molecule has 1 aromatic heterocycles. The molecule has 0 bridgehead atoms. The van der Waals surface area contributed by atoms with Crippen molar-refractivity contribution in [1.82, 2.24) is 10.3 Å². The average molecular weight is 320 g/mol. The fourth-order valence-corrected chi connectivity index (χ4v) is 3.57. The van der Waals surface area contributed by atoms with E-state index in [0.717, 1.165) is 33.3 Å². The number of rotatable bonds is 2. The van der Waals surface area contributed by atoms with Crippen LogP contribution in [0.1, 0.15) is 38.8 Å². The number of nitrogens with one attached hydrogen (secondary N) is 2. The standard InChI is InChI=1S/C20H20N2O2/c1-11-12(2)21-17-8-7-14(9-16(11)17)20(24)22-19-15-6-4-3-5-13(15)10-18(19)23/h3-9,18-19,21,23H,10H2,1-2H3,(H,22,24)/t18-,19+/m0/s1. The highest BCUT2D eigenvalue weighted by atomic mass is 16.3. The Labute approximate surface area is 140 Å². The molecular weight excluding hydrogens is 300 g/mol. The van der Waals surface area contributed by atoms with Crippen molar-refractivity contribution in [3.8, 4) is 0 Å². The zero-order valence-corrected chi connectivity index (χ0v) is 13.8. The van der Waals surface area contributed by atoms with Crippen LogP contribution in [-0.4, -0.2) is 22.1 Å². The van der Waals surface area contributed by atoms with Gasteiger partial charge in [-0.1, -0.05) is 24.3 Å². The van der Waals surface area contributed by atoms with E-state index >= 15 is 0 Å². The smallest absolute Gasteiger partial charge is 0.251 e. The molecule has 0 spiro atoms. The molecule has 2 aromatic carbocycles. The second kappa shape index (κ2) is 5.49. The molecule has 1 aliphatic rings. The highest BCUT2D eigenvalue weighted by molar-refractivity contribution is 5.99. The summed E-state index contributed by atoms with van der Waals surface area (Å²) in [4.78, 5) is 16.0. The summed E-state index contributed by atoms with van der Waals surface area (Å²) >= 11 is 0. The molecule has 1 amide bonds. The first kappa shape index (κ1) is 15.0. The number of aliphatic hydroxyl groups is 1. The third-order valence-electron chi connectivity index (χ3n) is 5.06. The Kier molecular flexibility index (Phi) is 3.43. The Morgan fingerprint density at radius 1 is 1.21 bits per heavy atom. The fourth-order valence-electron chi connectivity index (χ4n) is 3.57. The molecule has 0 aliphatic heterocycles. The molecule has 0 saturated carbocycles. The second-order valence-corrected chi connectivity index (χ2v) is 6.56. The maximum Gasteiger partial charge on any atom is 0.251 e. The number of amides is 1. The van der Waals surface area contributed by atoms with Crippen molar-refractivity contribution in [3.05, 3.63) is 70.4 Å². The van der Waals surface area contributed by atoms with Crippen LogP contribution < -0.4 is 5.32 Å². The molecule has 0 radical (unpaired) electrons. The molecule has 4 heteroatoms. The molecule has 24 heavy (non-hydrogen) atoms.